The molecular formula is C19H14N2O4. The predicted octanol–water partition coefficient (Wildman–Crippen LogP) is 4.22. The summed E-state index contributed by atoms with van der Waals surface area (Å²) < 4.78 is 0. The lowest BCUT2D eigenvalue weighted by Gasteiger charge is -2.09. The highest BCUT2D eigenvalue weighted by Gasteiger charge is 2.19. The highest BCUT2D eigenvalue weighted by molar-refractivity contribution is 6.07. The highest BCUT2D eigenvalue weighted by atomic mass is 16.6. The molecule has 0 heterocycles. The minimum absolute atomic E-state index is 0.0453. The largest absolute Gasteiger partial charge is 0.507 e. The molecule has 3 aromatic rings. The number of carbonyl (C=O) groups is 1. The van der Waals surface area contributed by atoms with Crippen LogP contribution in [-0.2, 0) is 0 Å². The van der Waals surface area contributed by atoms with Crippen LogP contribution in [0.2, 0.25) is 0 Å². The number of phenolic OH excluding ortho intramolecular Hbond substituents is 1. The Hall–Kier alpha value is -3.67. The zero-order chi connectivity index (χ0) is 17.8. The van der Waals surface area contributed by atoms with Crippen LogP contribution in [0.1, 0.15) is 10.4 Å². The number of nitrogens with zero attached hydrogens (tertiary/aromatic N) is 1. The molecule has 6 nitrogen and oxygen atoms in total. The van der Waals surface area contributed by atoms with E-state index in [0.29, 0.717) is 5.56 Å². The lowest BCUT2D eigenvalue weighted by Crippen LogP contribution is -2.13. The first-order valence-corrected chi connectivity index (χ1v) is 7.49. The number of carbonyl (C=O) groups excluding carboxylic acids is 1. The molecule has 0 atom stereocenters. The van der Waals surface area contributed by atoms with Crippen molar-refractivity contribution in [3.05, 3.63) is 88.5 Å². The third-order valence-electron chi connectivity index (χ3n) is 3.70. The van der Waals surface area contributed by atoms with Crippen LogP contribution in [-0.4, -0.2) is 15.9 Å². The van der Waals surface area contributed by atoms with Crippen LogP contribution in [0.25, 0.3) is 11.1 Å². The monoisotopic (exact) mass is 334 g/mol. The number of phenols is 1. The van der Waals surface area contributed by atoms with E-state index in [2.05, 4.69) is 5.32 Å². The van der Waals surface area contributed by atoms with Crippen molar-refractivity contribution < 1.29 is 14.8 Å². The molecule has 1 amide bonds. The van der Waals surface area contributed by atoms with Crippen molar-refractivity contribution >= 4 is 17.3 Å². The Labute approximate surface area is 143 Å². The molecule has 0 unspecified atom stereocenters. The molecular weight excluding hydrogens is 320 g/mol. The first-order valence-electron chi connectivity index (χ1n) is 7.49. The van der Waals surface area contributed by atoms with Crippen LogP contribution in [0.3, 0.4) is 0 Å². The minimum atomic E-state index is -0.617. The summed E-state index contributed by atoms with van der Waals surface area (Å²) in [5.41, 5.74) is 1.41. The zero-order valence-electron chi connectivity index (χ0n) is 13.0. The molecule has 0 aliphatic heterocycles. The molecule has 0 aliphatic rings. The molecule has 3 rings (SSSR count). The van der Waals surface area contributed by atoms with Crippen LogP contribution < -0.4 is 5.32 Å². The molecule has 0 radical (unpaired) electrons. The molecule has 3 aromatic carbocycles. The van der Waals surface area contributed by atoms with Crippen molar-refractivity contribution in [2.45, 2.75) is 0 Å². The number of nitro groups is 1. The average Bonchev–Trinajstić information content (AvgIpc) is 2.63. The molecule has 0 aromatic heterocycles. The molecule has 0 saturated carbocycles. The molecule has 0 bridgehead atoms. The van der Waals surface area contributed by atoms with Gasteiger partial charge in [0.1, 0.15) is 11.4 Å². The fraction of sp³-hybridized carbons (Fsp3) is 0. The third-order valence-corrected chi connectivity index (χ3v) is 3.70. The number of aromatic hydroxyl groups is 1. The smallest absolute Gasteiger partial charge is 0.293 e. The van der Waals surface area contributed by atoms with E-state index in [0.717, 1.165) is 5.56 Å². The van der Waals surface area contributed by atoms with Gasteiger partial charge in [0.15, 0.2) is 0 Å². The van der Waals surface area contributed by atoms with E-state index in [4.69, 9.17) is 0 Å². The zero-order valence-corrected chi connectivity index (χ0v) is 13.0. The minimum Gasteiger partial charge on any atom is -0.507 e. The molecule has 0 spiro atoms. The maximum atomic E-state index is 12.3. The predicted molar refractivity (Wildman–Crippen MR) is 94.6 cm³/mol. The van der Waals surface area contributed by atoms with Gasteiger partial charge in [-0.15, -0.1) is 0 Å². The highest BCUT2D eigenvalue weighted by Crippen LogP contribution is 2.31. The van der Waals surface area contributed by atoms with Gasteiger partial charge in [-0.1, -0.05) is 48.5 Å². The Kier molecular flexibility index (Phi) is 4.43. The lowest BCUT2D eigenvalue weighted by atomic mass is 10.0. The van der Waals surface area contributed by atoms with Gasteiger partial charge in [-0.25, -0.2) is 0 Å². The molecule has 25 heavy (non-hydrogen) atoms. The molecule has 124 valence electrons. The number of nitro benzene ring substituents is 1. The number of nitrogens with one attached hydrogen (secondary N) is 1. The van der Waals surface area contributed by atoms with Crippen molar-refractivity contribution in [3.63, 3.8) is 0 Å². The third kappa shape index (κ3) is 3.48. The van der Waals surface area contributed by atoms with Crippen LogP contribution in [0, 0.1) is 10.1 Å². The topological polar surface area (TPSA) is 92.5 Å². The Bertz CT molecular complexity index is 939. The first-order chi connectivity index (χ1) is 12.1. The number of amides is 1. The van der Waals surface area contributed by atoms with E-state index in [1.165, 1.54) is 24.3 Å². The van der Waals surface area contributed by atoms with Gasteiger partial charge >= 0.3 is 0 Å². The summed E-state index contributed by atoms with van der Waals surface area (Å²) in [6, 6.07) is 19.8. The van der Waals surface area contributed by atoms with Gasteiger partial charge in [0.2, 0.25) is 0 Å². The molecule has 6 heteroatoms. The van der Waals surface area contributed by atoms with Crippen LogP contribution in [0.5, 0.6) is 5.75 Å². The normalized spacial score (nSPS) is 10.2. The second kappa shape index (κ2) is 6.84. The van der Waals surface area contributed by atoms with Crippen molar-refractivity contribution in [2.75, 3.05) is 5.32 Å². The molecule has 0 fully saturated rings. The standard InChI is InChI=1S/C19H14N2O4/c22-18-9-5-4-8-15(18)19(23)20-16-11-10-14(12-17(16)21(24)25)13-6-2-1-3-7-13/h1-12,22H,(H,20,23). The second-order valence-corrected chi connectivity index (χ2v) is 5.33. The summed E-state index contributed by atoms with van der Waals surface area (Å²) in [6.07, 6.45) is 0. The Morgan fingerprint density at radius 2 is 1.60 bits per heavy atom. The SMILES string of the molecule is O=C(Nc1ccc(-c2ccccc2)cc1[N+](=O)[O-])c1ccccc1O. The van der Waals surface area contributed by atoms with Gasteiger partial charge in [-0.3, -0.25) is 14.9 Å². The van der Waals surface area contributed by atoms with Crippen molar-refractivity contribution in [3.8, 4) is 16.9 Å². The van der Waals surface area contributed by atoms with Gasteiger partial charge in [0.05, 0.1) is 10.5 Å². The van der Waals surface area contributed by atoms with Gasteiger partial charge in [0.25, 0.3) is 11.6 Å². The average molecular weight is 334 g/mol. The summed E-state index contributed by atoms with van der Waals surface area (Å²) in [5, 5.41) is 23.6. The van der Waals surface area contributed by atoms with Gasteiger partial charge < -0.3 is 10.4 Å². The molecule has 2 N–H and O–H groups in total. The van der Waals surface area contributed by atoms with Gasteiger partial charge in [0, 0.05) is 6.07 Å². The Morgan fingerprint density at radius 3 is 2.28 bits per heavy atom. The van der Waals surface area contributed by atoms with E-state index >= 15 is 0 Å². The van der Waals surface area contributed by atoms with Crippen molar-refractivity contribution in [1.29, 1.82) is 0 Å². The quantitative estimate of drug-likeness (QED) is 0.552. The van der Waals surface area contributed by atoms with E-state index < -0.39 is 10.8 Å². The second-order valence-electron chi connectivity index (χ2n) is 5.33. The summed E-state index contributed by atoms with van der Waals surface area (Å²) in [7, 11) is 0. The maximum absolute atomic E-state index is 12.3. The fourth-order valence-corrected chi connectivity index (χ4v) is 2.45. The summed E-state index contributed by atoms with van der Waals surface area (Å²) in [6.45, 7) is 0. The number of hydrogen-bond acceptors (Lipinski definition) is 4. The van der Waals surface area contributed by atoms with E-state index in [1.807, 2.05) is 30.3 Å². The molecule has 0 aliphatic carbocycles. The number of rotatable bonds is 4. The number of anilines is 1. The lowest BCUT2D eigenvalue weighted by molar-refractivity contribution is -0.383. The van der Waals surface area contributed by atoms with E-state index in [-0.39, 0.29) is 22.7 Å². The van der Waals surface area contributed by atoms with Crippen molar-refractivity contribution in [2.24, 2.45) is 0 Å². The van der Waals surface area contributed by atoms with Crippen LogP contribution in [0.15, 0.2) is 72.8 Å². The first kappa shape index (κ1) is 16.2. The van der Waals surface area contributed by atoms with Crippen molar-refractivity contribution in [1.82, 2.24) is 0 Å². The summed E-state index contributed by atoms with van der Waals surface area (Å²) >= 11 is 0. The van der Waals surface area contributed by atoms with Crippen LogP contribution in [0.4, 0.5) is 11.4 Å². The Morgan fingerprint density at radius 1 is 0.920 bits per heavy atom. The van der Waals surface area contributed by atoms with E-state index in [1.54, 1.807) is 18.2 Å². The van der Waals surface area contributed by atoms with Crippen LogP contribution >= 0.6 is 0 Å². The Balaban J connectivity index is 1.95. The summed E-state index contributed by atoms with van der Waals surface area (Å²) in [5.74, 6) is -0.808. The number of para-hydroxylation sites is 1. The molecule has 0 saturated heterocycles. The van der Waals surface area contributed by atoms with E-state index in [9.17, 15) is 20.0 Å². The summed E-state index contributed by atoms with van der Waals surface area (Å²) in [4.78, 5) is 23.1. The number of hydrogen-bond donors (Lipinski definition) is 2. The maximum Gasteiger partial charge on any atom is 0.293 e. The number of benzene rings is 3. The van der Waals surface area contributed by atoms with Gasteiger partial charge in [-0.05, 0) is 29.3 Å². The fourth-order valence-electron chi connectivity index (χ4n) is 2.45. The van der Waals surface area contributed by atoms with Gasteiger partial charge in [-0.2, -0.15) is 0 Å².